The minimum Gasteiger partial charge on any atom is -0.496 e. The first kappa shape index (κ1) is 26.6. The largest absolute Gasteiger partial charge is 0.496 e. The molecule has 212 valence electrons. The normalized spacial score (nSPS) is 15.4. The number of piperidine rings is 1. The van der Waals surface area contributed by atoms with Crippen molar-refractivity contribution in [3.63, 3.8) is 0 Å². The first-order chi connectivity index (χ1) is 20.5. The SMILES string of the molecule is COc1ccc(F)cc1C(c1nc2ccccc2[nH]1)n1ccc2cc(-c3ccc(C4CCN(C)CC4)cc3)sc2c1=O. The molecule has 4 heterocycles. The maximum absolute atomic E-state index is 14.6. The second-order valence-electron chi connectivity index (χ2n) is 11.1. The fraction of sp³-hybridized carbons (Fsp3) is 0.235. The van der Waals surface area contributed by atoms with Crippen LogP contribution in [-0.2, 0) is 0 Å². The van der Waals surface area contributed by atoms with E-state index in [0.29, 0.717) is 27.8 Å². The smallest absolute Gasteiger partial charge is 0.269 e. The maximum Gasteiger partial charge on any atom is 0.269 e. The average molecular weight is 579 g/mol. The third-order valence-electron chi connectivity index (χ3n) is 8.42. The van der Waals surface area contributed by atoms with E-state index in [1.165, 1.54) is 41.9 Å². The molecule has 3 aromatic heterocycles. The van der Waals surface area contributed by atoms with Crippen molar-refractivity contribution < 1.29 is 9.13 Å². The van der Waals surface area contributed by atoms with Gasteiger partial charge in [-0.25, -0.2) is 9.37 Å². The van der Waals surface area contributed by atoms with E-state index in [1.807, 2.05) is 30.3 Å². The molecule has 0 radical (unpaired) electrons. The second-order valence-corrected chi connectivity index (χ2v) is 12.1. The van der Waals surface area contributed by atoms with Gasteiger partial charge in [-0.05, 0) is 92.5 Å². The minimum atomic E-state index is -0.723. The van der Waals surface area contributed by atoms with Gasteiger partial charge in [-0.3, -0.25) is 9.36 Å². The van der Waals surface area contributed by atoms with Crippen molar-refractivity contribution >= 4 is 32.5 Å². The standard InChI is InChI=1S/C34H31FN4O2S/c1-38-16-13-22(14-17-38)21-7-9-23(10-8-21)30-19-24-15-18-39(34(40)32(24)42-30)31(26-20-25(35)11-12-29(26)41-2)33-36-27-5-3-4-6-28(27)37-33/h3-12,15,18-20,22,31H,13-14,16-17H2,1-2H3,(H,36,37). The van der Waals surface area contributed by atoms with E-state index in [9.17, 15) is 9.18 Å². The summed E-state index contributed by atoms with van der Waals surface area (Å²) in [7, 11) is 3.73. The lowest BCUT2D eigenvalue weighted by Gasteiger charge is -2.29. The zero-order chi connectivity index (χ0) is 28.8. The van der Waals surface area contributed by atoms with Crippen LogP contribution in [-0.4, -0.2) is 46.7 Å². The van der Waals surface area contributed by atoms with Gasteiger partial charge in [0, 0.05) is 22.0 Å². The molecule has 1 unspecified atom stereocenters. The molecule has 1 N–H and O–H groups in total. The Bertz CT molecular complexity index is 1920. The van der Waals surface area contributed by atoms with Gasteiger partial charge in [0.15, 0.2) is 0 Å². The van der Waals surface area contributed by atoms with Gasteiger partial charge in [0.05, 0.1) is 18.1 Å². The number of pyridine rings is 1. The number of halogens is 1. The number of fused-ring (bicyclic) bond motifs is 2. The molecule has 1 fully saturated rings. The molecule has 6 aromatic rings. The molecule has 1 atom stereocenters. The number of para-hydroxylation sites is 2. The molecule has 1 saturated heterocycles. The molecule has 3 aromatic carbocycles. The highest BCUT2D eigenvalue weighted by Gasteiger charge is 2.26. The highest BCUT2D eigenvalue weighted by molar-refractivity contribution is 7.22. The Labute approximate surface area is 247 Å². The van der Waals surface area contributed by atoms with Crippen LogP contribution in [0.5, 0.6) is 5.75 Å². The van der Waals surface area contributed by atoms with Gasteiger partial charge in [-0.15, -0.1) is 11.3 Å². The van der Waals surface area contributed by atoms with Crippen LogP contribution in [0.3, 0.4) is 0 Å². The molecule has 1 aliphatic heterocycles. The lowest BCUT2D eigenvalue weighted by Crippen LogP contribution is -2.29. The number of hydrogen-bond donors (Lipinski definition) is 1. The number of methoxy groups -OCH3 is 1. The number of thiophene rings is 1. The summed E-state index contributed by atoms with van der Waals surface area (Å²) in [6.45, 7) is 2.26. The molecular weight excluding hydrogens is 547 g/mol. The van der Waals surface area contributed by atoms with E-state index in [-0.39, 0.29) is 5.56 Å². The monoisotopic (exact) mass is 578 g/mol. The van der Waals surface area contributed by atoms with Crippen LogP contribution in [0.4, 0.5) is 4.39 Å². The molecule has 7 rings (SSSR count). The van der Waals surface area contributed by atoms with E-state index in [4.69, 9.17) is 9.72 Å². The highest BCUT2D eigenvalue weighted by Crippen LogP contribution is 2.37. The molecule has 0 bridgehead atoms. The van der Waals surface area contributed by atoms with E-state index in [2.05, 4.69) is 47.3 Å². The van der Waals surface area contributed by atoms with Crippen LogP contribution < -0.4 is 10.3 Å². The van der Waals surface area contributed by atoms with E-state index in [1.54, 1.807) is 23.9 Å². The van der Waals surface area contributed by atoms with Gasteiger partial charge < -0.3 is 14.6 Å². The zero-order valence-electron chi connectivity index (χ0n) is 23.5. The summed E-state index contributed by atoms with van der Waals surface area (Å²) in [5, 5.41) is 0.880. The van der Waals surface area contributed by atoms with Crippen LogP contribution in [0.2, 0.25) is 0 Å². The predicted octanol–water partition coefficient (Wildman–Crippen LogP) is 7.20. The Morgan fingerprint density at radius 2 is 1.81 bits per heavy atom. The first-order valence-electron chi connectivity index (χ1n) is 14.2. The Kier molecular flexibility index (Phi) is 6.88. The quantitative estimate of drug-likeness (QED) is 0.227. The Hall–Kier alpha value is -4.27. The Balaban J connectivity index is 1.31. The van der Waals surface area contributed by atoms with Gasteiger partial charge in [-0.2, -0.15) is 0 Å². The van der Waals surface area contributed by atoms with Crippen molar-refractivity contribution in [2.24, 2.45) is 0 Å². The molecule has 0 spiro atoms. The minimum absolute atomic E-state index is 0.163. The van der Waals surface area contributed by atoms with Crippen LogP contribution in [0.15, 0.2) is 89.9 Å². The van der Waals surface area contributed by atoms with Crippen LogP contribution in [0.25, 0.3) is 31.6 Å². The summed E-state index contributed by atoms with van der Waals surface area (Å²) < 4.78 is 22.5. The molecule has 8 heteroatoms. The van der Waals surface area contributed by atoms with Crippen molar-refractivity contribution in [2.75, 3.05) is 27.2 Å². The number of nitrogens with one attached hydrogen (secondary N) is 1. The summed E-state index contributed by atoms with van der Waals surface area (Å²) in [5.41, 5.74) is 4.43. The molecule has 0 aliphatic carbocycles. The zero-order valence-corrected chi connectivity index (χ0v) is 24.3. The van der Waals surface area contributed by atoms with Gasteiger partial charge in [0.2, 0.25) is 0 Å². The molecule has 1 aliphatic rings. The van der Waals surface area contributed by atoms with E-state index >= 15 is 0 Å². The summed E-state index contributed by atoms with van der Waals surface area (Å²) in [6.07, 6.45) is 4.13. The number of rotatable bonds is 6. The fourth-order valence-corrected chi connectivity index (χ4v) is 7.20. The number of H-pyrrole nitrogens is 1. The summed E-state index contributed by atoms with van der Waals surface area (Å²) >= 11 is 1.48. The van der Waals surface area contributed by atoms with Crippen molar-refractivity contribution in [2.45, 2.75) is 24.8 Å². The summed E-state index contributed by atoms with van der Waals surface area (Å²) in [6, 6.07) is 24.2. The summed E-state index contributed by atoms with van der Waals surface area (Å²) in [5.74, 6) is 1.19. The number of ether oxygens (including phenoxy) is 1. The number of benzene rings is 3. The predicted molar refractivity (Wildman–Crippen MR) is 167 cm³/mol. The topological polar surface area (TPSA) is 63.1 Å². The van der Waals surface area contributed by atoms with Gasteiger partial charge in [0.25, 0.3) is 5.56 Å². The van der Waals surface area contributed by atoms with Crippen molar-refractivity contribution in [1.29, 1.82) is 0 Å². The highest BCUT2D eigenvalue weighted by atomic mass is 32.1. The molecule has 0 saturated carbocycles. The number of imidazole rings is 1. The number of hydrogen-bond acceptors (Lipinski definition) is 5. The fourth-order valence-electron chi connectivity index (χ4n) is 6.10. The molecular formula is C34H31FN4O2S. The van der Waals surface area contributed by atoms with E-state index in [0.717, 1.165) is 39.9 Å². The van der Waals surface area contributed by atoms with Crippen LogP contribution in [0.1, 0.15) is 41.8 Å². The summed E-state index contributed by atoms with van der Waals surface area (Å²) in [4.78, 5) is 25.7. The molecule has 42 heavy (non-hydrogen) atoms. The second kappa shape index (κ2) is 10.9. The maximum atomic E-state index is 14.6. The van der Waals surface area contributed by atoms with Crippen molar-refractivity contribution in [3.8, 4) is 16.2 Å². The molecule has 6 nitrogen and oxygen atoms in total. The number of aromatic amines is 1. The lowest BCUT2D eigenvalue weighted by atomic mass is 9.89. The first-order valence-corrected chi connectivity index (χ1v) is 15.0. The lowest BCUT2D eigenvalue weighted by molar-refractivity contribution is 0.255. The average Bonchev–Trinajstić information content (AvgIpc) is 3.64. The van der Waals surface area contributed by atoms with Crippen LogP contribution >= 0.6 is 11.3 Å². The third-order valence-corrected chi connectivity index (χ3v) is 9.61. The Morgan fingerprint density at radius 3 is 2.57 bits per heavy atom. The number of aromatic nitrogens is 3. The third kappa shape index (κ3) is 4.80. The number of nitrogens with zero attached hydrogens (tertiary/aromatic N) is 3. The van der Waals surface area contributed by atoms with E-state index < -0.39 is 11.9 Å². The number of likely N-dealkylation sites (tertiary alicyclic amines) is 1. The van der Waals surface area contributed by atoms with Gasteiger partial charge in [0.1, 0.15) is 28.1 Å². The van der Waals surface area contributed by atoms with Crippen LogP contribution in [0, 0.1) is 5.82 Å². The van der Waals surface area contributed by atoms with Crippen molar-refractivity contribution in [3.05, 3.63) is 118 Å². The van der Waals surface area contributed by atoms with Crippen molar-refractivity contribution in [1.82, 2.24) is 19.4 Å². The molecule has 0 amide bonds. The van der Waals surface area contributed by atoms with Gasteiger partial charge >= 0.3 is 0 Å². The Morgan fingerprint density at radius 1 is 1.02 bits per heavy atom. The van der Waals surface area contributed by atoms with Gasteiger partial charge in [-0.1, -0.05) is 36.4 Å².